The number of carboxylic acid groups (broad SMARTS) is 1. The van der Waals surface area contributed by atoms with Crippen molar-refractivity contribution in [2.75, 3.05) is 5.32 Å². The van der Waals surface area contributed by atoms with Crippen LogP contribution in [-0.4, -0.2) is 31.1 Å². The lowest BCUT2D eigenvalue weighted by Gasteiger charge is -2.44. The number of aliphatic carboxylic acids is 1. The zero-order valence-electron chi connectivity index (χ0n) is 22.0. The zero-order valence-corrected chi connectivity index (χ0v) is 22.9. The highest BCUT2D eigenvalue weighted by atomic mass is 32.1. The first kappa shape index (κ1) is 28.6. The lowest BCUT2D eigenvalue weighted by molar-refractivity contribution is -0.154. The highest BCUT2D eigenvalue weighted by Gasteiger charge is 2.49. The van der Waals surface area contributed by atoms with Crippen molar-refractivity contribution in [2.24, 2.45) is 11.3 Å². The van der Waals surface area contributed by atoms with Gasteiger partial charge in [0.1, 0.15) is 22.1 Å². The molecule has 5 rings (SSSR count). The van der Waals surface area contributed by atoms with Crippen LogP contribution in [0.4, 0.5) is 29.2 Å². The largest absolute Gasteiger partial charge is 0.481 e. The van der Waals surface area contributed by atoms with Gasteiger partial charge in [0.2, 0.25) is 5.95 Å². The van der Waals surface area contributed by atoms with Crippen LogP contribution in [0.15, 0.2) is 60.9 Å². The third-order valence-corrected chi connectivity index (χ3v) is 8.58. The topological polar surface area (TPSA) is 108 Å². The molecule has 41 heavy (non-hydrogen) atoms. The Bertz CT molecular complexity index is 1590. The summed E-state index contributed by atoms with van der Waals surface area (Å²) in [6.07, 6.45) is -1.26. The highest BCUT2D eigenvalue weighted by Crippen LogP contribution is 2.51. The average Bonchev–Trinajstić information content (AvgIpc) is 3.39. The first-order chi connectivity index (χ1) is 19.2. The van der Waals surface area contributed by atoms with Crippen LogP contribution in [-0.2, 0) is 16.6 Å². The first-order valence-electron chi connectivity index (χ1n) is 12.7. The molecule has 0 saturated heterocycles. The number of carboxylic acids is 1. The summed E-state index contributed by atoms with van der Waals surface area (Å²) in [5.74, 6) is -2.14. The molecule has 1 aliphatic rings. The summed E-state index contributed by atoms with van der Waals surface area (Å²) in [6.45, 7) is 3.65. The van der Waals surface area contributed by atoms with Crippen molar-refractivity contribution >= 4 is 28.9 Å². The molecule has 0 spiro atoms. The maximum Gasteiger partial charge on any atom is 0.433 e. The molecule has 2 heterocycles. The molecular formula is C29H26F4N4O3S. The van der Waals surface area contributed by atoms with Gasteiger partial charge in [-0.05, 0) is 77.8 Å². The van der Waals surface area contributed by atoms with Crippen LogP contribution >= 0.6 is 11.3 Å². The Kier molecular flexibility index (Phi) is 7.33. The lowest BCUT2D eigenvalue weighted by atomic mass is 9.63. The predicted octanol–water partition coefficient (Wildman–Crippen LogP) is 7.27. The van der Waals surface area contributed by atoms with E-state index >= 15 is 0 Å². The summed E-state index contributed by atoms with van der Waals surface area (Å²) in [4.78, 5) is 24.4. The Labute approximate surface area is 237 Å². The Morgan fingerprint density at radius 1 is 1.05 bits per heavy atom. The van der Waals surface area contributed by atoms with Gasteiger partial charge in [-0.3, -0.25) is 4.79 Å². The fourth-order valence-corrected chi connectivity index (χ4v) is 6.38. The number of anilines is 2. The van der Waals surface area contributed by atoms with Crippen LogP contribution in [0.25, 0.3) is 21.6 Å². The van der Waals surface area contributed by atoms with Gasteiger partial charge in [0, 0.05) is 18.1 Å². The van der Waals surface area contributed by atoms with E-state index < -0.39 is 40.6 Å². The molecule has 0 aliphatic heterocycles. The Balaban J connectivity index is 1.52. The molecule has 1 fully saturated rings. The van der Waals surface area contributed by atoms with E-state index in [1.165, 1.54) is 23.5 Å². The quantitative estimate of drug-likeness (QED) is 0.204. The van der Waals surface area contributed by atoms with Crippen molar-refractivity contribution in [3.05, 3.63) is 77.4 Å². The SMILES string of the molecule is CC1(C)C[C@@](O)(c2ncc(-c3cc(Nc4nccc(C(F)(F)F)n4)cc(-c4ccc(F)cc4)c3)s2)CC[C@H]1C(=O)O. The van der Waals surface area contributed by atoms with Crippen LogP contribution in [0.1, 0.15) is 43.8 Å². The number of aromatic nitrogens is 3. The molecule has 214 valence electrons. The van der Waals surface area contributed by atoms with Gasteiger partial charge in [0.05, 0.1) is 10.8 Å². The number of nitrogens with zero attached hydrogens (tertiary/aromatic N) is 3. The molecule has 2 atom stereocenters. The van der Waals surface area contributed by atoms with Gasteiger partial charge in [0.15, 0.2) is 0 Å². The molecule has 2 aromatic carbocycles. The van der Waals surface area contributed by atoms with Crippen LogP contribution in [0, 0.1) is 17.2 Å². The molecule has 4 aromatic rings. The monoisotopic (exact) mass is 586 g/mol. The van der Waals surface area contributed by atoms with E-state index in [0.717, 1.165) is 12.3 Å². The predicted molar refractivity (Wildman–Crippen MR) is 146 cm³/mol. The number of halogens is 4. The third kappa shape index (κ3) is 6.08. The molecule has 3 N–H and O–H groups in total. The molecule has 7 nitrogen and oxygen atoms in total. The summed E-state index contributed by atoms with van der Waals surface area (Å²) in [5.41, 5.74) is -0.710. The number of nitrogens with one attached hydrogen (secondary N) is 1. The molecular weight excluding hydrogens is 560 g/mol. The molecule has 12 heteroatoms. The van der Waals surface area contributed by atoms with Gasteiger partial charge in [0.25, 0.3) is 0 Å². The smallest absolute Gasteiger partial charge is 0.433 e. The maximum absolute atomic E-state index is 13.6. The fraction of sp³-hybridized carbons (Fsp3) is 0.310. The van der Waals surface area contributed by atoms with Gasteiger partial charge >= 0.3 is 12.1 Å². The molecule has 1 aliphatic carbocycles. The van der Waals surface area contributed by atoms with E-state index in [9.17, 15) is 32.6 Å². The van der Waals surface area contributed by atoms with Gasteiger partial charge < -0.3 is 15.5 Å². The van der Waals surface area contributed by atoms with E-state index in [-0.39, 0.29) is 18.8 Å². The number of aliphatic hydroxyl groups is 1. The summed E-state index contributed by atoms with van der Waals surface area (Å²) in [5, 5.41) is 24.4. The average molecular weight is 587 g/mol. The van der Waals surface area contributed by atoms with Crippen molar-refractivity contribution < 1.29 is 32.6 Å². The number of thiazole rings is 1. The van der Waals surface area contributed by atoms with Crippen molar-refractivity contribution in [1.82, 2.24) is 15.0 Å². The van der Waals surface area contributed by atoms with Gasteiger partial charge in [-0.1, -0.05) is 26.0 Å². The van der Waals surface area contributed by atoms with E-state index in [4.69, 9.17) is 0 Å². The van der Waals surface area contributed by atoms with E-state index in [2.05, 4.69) is 20.3 Å². The molecule has 0 unspecified atom stereocenters. The second kappa shape index (κ2) is 10.5. The van der Waals surface area contributed by atoms with Crippen LogP contribution < -0.4 is 5.32 Å². The van der Waals surface area contributed by atoms with Crippen molar-refractivity contribution in [3.63, 3.8) is 0 Å². The minimum absolute atomic E-state index is 0.221. The van der Waals surface area contributed by atoms with Gasteiger partial charge in [-0.15, -0.1) is 11.3 Å². The second-order valence-corrected chi connectivity index (χ2v) is 11.9. The molecule has 0 amide bonds. The number of carbonyl (C=O) groups is 1. The number of benzene rings is 2. The maximum atomic E-state index is 13.6. The molecule has 0 radical (unpaired) electrons. The van der Waals surface area contributed by atoms with Crippen LogP contribution in [0.5, 0.6) is 0 Å². The zero-order chi connectivity index (χ0) is 29.6. The van der Waals surface area contributed by atoms with Crippen LogP contribution in [0.3, 0.4) is 0 Å². The number of hydrogen-bond donors (Lipinski definition) is 3. The third-order valence-electron chi connectivity index (χ3n) is 7.34. The van der Waals surface area contributed by atoms with Crippen molar-refractivity contribution in [2.45, 2.75) is 44.9 Å². The highest BCUT2D eigenvalue weighted by molar-refractivity contribution is 7.15. The summed E-state index contributed by atoms with van der Waals surface area (Å²) in [7, 11) is 0. The lowest BCUT2D eigenvalue weighted by Crippen LogP contribution is -2.44. The van der Waals surface area contributed by atoms with Crippen LogP contribution in [0.2, 0.25) is 0 Å². The molecule has 0 bridgehead atoms. The van der Waals surface area contributed by atoms with E-state index in [1.807, 2.05) is 19.9 Å². The summed E-state index contributed by atoms with van der Waals surface area (Å²) in [6, 6.07) is 11.8. The van der Waals surface area contributed by atoms with Crippen molar-refractivity contribution in [1.29, 1.82) is 0 Å². The van der Waals surface area contributed by atoms with E-state index in [1.54, 1.807) is 30.5 Å². The normalized spacial score (nSPS) is 20.5. The minimum Gasteiger partial charge on any atom is -0.481 e. The summed E-state index contributed by atoms with van der Waals surface area (Å²) < 4.78 is 53.2. The number of rotatable bonds is 6. The fourth-order valence-electron chi connectivity index (χ4n) is 5.36. The summed E-state index contributed by atoms with van der Waals surface area (Å²) >= 11 is 1.25. The number of alkyl halides is 3. The Morgan fingerprint density at radius 2 is 1.76 bits per heavy atom. The Hall–Kier alpha value is -3.90. The number of hydrogen-bond acceptors (Lipinski definition) is 7. The van der Waals surface area contributed by atoms with Gasteiger partial charge in [-0.25, -0.2) is 19.3 Å². The molecule has 2 aromatic heterocycles. The standard InChI is InChI=1S/C29H26F4N4O3S/c1-27(2)15-28(40,9-7-21(27)24(38)39)25-35-14-22(41-25)18-11-17(16-3-5-19(30)6-4-16)12-20(13-18)36-26-34-10-8-23(37-26)29(31,32)33/h3-6,8,10-14,21,40H,7,9,15H2,1-2H3,(H,38,39)(H,34,36,37)/t21-,28+/m0/s1. The molecule has 1 saturated carbocycles. The second-order valence-electron chi connectivity index (χ2n) is 10.9. The van der Waals surface area contributed by atoms with Crippen molar-refractivity contribution in [3.8, 4) is 21.6 Å². The van der Waals surface area contributed by atoms with Gasteiger partial charge in [-0.2, -0.15) is 13.2 Å². The minimum atomic E-state index is -4.64. The Morgan fingerprint density at radius 3 is 2.41 bits per heavy atom. The first-order valence-corrected chi connectivity index (χ1v) is 13.6. The van der Waals surface area contributed by atoms with E-state index in [0.29, 0.717) is 38.7 Å².